The van der Waals surface area contributed by atoms with Crippen LogP contribution >= 0.6 is 0 Å². The van der Waals surface area contributed by atoms with Gasteiger partial charge < -0.3 is 10.2 Å². The molecule has 2 aromatic rings. The minimum Gasteiger partial charge on any atom is -0.310 e. The molecule has 162 valence electrons. The number of hydrogen-bond acceptors (Lipinski definition) is 5. The number of urea groups is 1. The molecule has 2 aliphatic heterocycles. The van der Waals surface area contributed by atoms with Gasteiger partial charge >= 0.3 is 6.03 Å². The molecule has 0 radical (unpaired) electrons. The summed E-state index contributed by atoms with van der Waals surface area (Å²) in [6.07, 6.45) is 4.50. The van der Waals surface area contributed by atoms with Gasteiger partial charge in [-0.3, -0.25) is 9.59 Å². The number of rotatable bonds is 4. The highest BCUT2D eigenvalue weighted by Crippen LogP contribution is 2.44. The van der Waals surface area contributed by atoms with Gasteiger partial charge in [-0.15, -0.1) is 0 Å². The molecule has 3 heterocycles. The second-order valence-electron chi connectivity index (χ2n) is 9.18. The Morgan fingerprint density at radius 2 is 1.84 bits per heavy atom. The molecular weight excluding hydrogens is 406 g/mol. The standard InChI is InChI=1S/C24H23N5O3/c1-23(2)21(31)29(17-6-4-16(5-7-17)24(14-25)9-3-10-24)22(32)28(23)13-15-8-11-26-20-18(15)12-19(30)27-20/h4-8,11H,3,9-10,12-13H2,1-2H3,(H,26,27,30). The summed E-state index contributed by atoms with van der Waals surface area (Å²) in [6, 6.07) is 11.0. The second-order valence-corrected chi connectivity index (χ2v) is 9.18. The number of nitrogens with one attached hydrogen (secondary N) is 1. The molecule has 0 atom stereocenters. The van der Waals surface area contributed by atoms with Gasteiger partial charge in [-0.2, -0.15) is 5.26 Å². The zero-order chi connectivity index (χ0) is 22.7. The van der Waals surface area contributed by atoms with E-state index in [0.717, 1.165) is 36.0 Å². The van der Waals surface area contributed by atoms with Crippen molar-refractivity contribution in [2.24, 2.45) is 0 Å². The van der Waals surface area contributed by atoms with Gasteiger partial charge in [-0.05, 0) is 62.4 Å². The highest BCUT2D eigenvalue weighted by atomic mass is 16.2. The average Bonchev–Trinajstić information content (AvgIpc) is 3.19. The number of carbonyl (C=O) groups excluding carboxylic acids is 3. The minimum absolute atomic E-state index is 0.133. The number of benzene rings is 1. The van der Waals surface area contributed by atoms with Gasteiger partial charge in [-0.1, -0.05) is 12.1 Å². The van der Waals surface area contributed by atoms with Crippen molar-refractivity contribution in [3.05, 3.63) is 53.2 Å². The van der Waals surface area contributed by atoms with E-state index in [9.17, 15) is 19.6 Å². The number of nitrogens with zero attached hydrogens (tertiary/aromatic N) is 4. The van der Waals surface area contributed by atoms with Gasteiger partial charge in [0.1, 0.15) is 11.4 Å². The Balaban J connectivity index is 1.44. The first kappa shape index (κ1) is 20.2. The van der Waals surface area contributed by atoms with Gasteiger partial charge in [0, 0.05) is 18.3 Å². The predicted octanol–water partition coefficient (Wildman–Crippen LogP) is 3.27. The van der Waals surface area contributed by atoms with Crippen LogP contribution in [0, 0.1) is 11.3 Å². The largest absolute Gasteiger partial charge is 0.332 e. The third-order valence-corrected chi connectivity index (χ3v) is 7.00. The van der Waals surface area contributed by atoms with Crippen LogP contribution in [0.3, 0.4) is 0 Å². The van der Waals surface area contributed by atoms with Gasteiger partial charge in [0.15, 0.2) is 0 Å². The summed E-state index contributed by atoms with van der Waals surface area (Å²) in [5.74, 6) is 0.0679. The number of amides is 4. The number of hydrogen-bond donors (Lipinski definition) is 1. The van der Waals surface area contributed by atoms with E-state index < -0.39 is 17.0 Å². The van der Waals surface area contributed by atoms with Crippen LogP contribution in [0.2, 0.25) is 0 Å². The third kappa shape index (κ3) is 2.81. The number of imide groups is 1. The Labute approximate surface area is 185 Å². The van der Waals surface area contributed by atoms with Gasteiger partial charge in [0.2, 0.25) is 5.91 Å². The first-order valence-corrected chi connectivity index (χ1v) is 10.7. The molecule has 0 spiro atoms. The molecule has 1 aromatic carbocycles. The molecule has 0 unspecified atom stereocenters. The van der Waals surface area contributed by atoms with E-state index in [0.29, 0.717) is 11.5 Å². The maximum Gasteiger partial charge on any atom is 0.332 e. The number of nitriles is 1. The Morgan fingerprint density at radius 1 is 1.12 bits per heavy atom. The fraction of sp³-hybridized carbons (Fsp3) is 0.375. The third-order valence-electron chi connectivity index (χ3n) is 7.00. The summed E-state index contributed by atoms with van der Waals surface area (Å²) in [6.45, 7) is 3.65. The summed E-state index contributed by atoms with van der Waals surface area (Å²) in [5.41, 5.74) is 1.47. The smallest absolute Gasteiger partial charge is 0.310 e. The molecule has 1 saturated heterocycles. The predicted molar refractivity (Wildman–Crippen MR) is 117 cm³/mol. The maximum absolute atomic E-state index is 13.4. The average molecular weight is 429 g/mol. The molecule has 4 amide bonds. The second kappa shape index (κ2) is 6.89. The summed E-state index contributed by atoms with van der Waals surface area (Å²) < 4.78 is 0. The van der Waals surface area contributed by atoms with Crippen molar-refractivity contribution in [1.29, 1.82) is 5.26 Å². The first-order chi connectivity index (χ1) is 15.3. The zero-order valence-corrected chi connectivity index (χ0v) is 18.0. The van der Waals surface area contributed by atoms with Gasteiger partial charge in [-0.25, -0.2) is 14.7 Å². The number of pyridine rings is 1. The van der Waals surface area contributed by atoms with Crippen molar-refractivity contribution in [1.82, 2.24) is 9.88 Å². The molecule has 5 rings (SSSR count). The SMILES string of the molecule is CC1(C)C(=O)N(c2ccc(C3(C#N)CCC3)cc2)C(=O)N1Cc1ccnc2c1CC(=O)N2. The number of aromatic nitrogens is 1. The molecule has 8 nitrogen and oxygen atoms in total. The fourth-order valence-corrected chi connectivity index (χ4v) is 4.75. The molecular formula is C24H23N5O3. The van der Waals surface area contributed by atoms with Crippen molar-refractivity contribution in [2.75, 3.05) is 10.2 Å². The van der Waals surface area contributed by atoms with Crippen molar-refractivity contribution < 1.29 is 14.4 Å². The molecule has 1 N–H and O–H groups in total. The van der Waals surface area contributed by atoms with Crippen LogP contribution in [0.4, 0.5) is 16.3 Å². The number of fused-ring (bicyclic) bond motifs is 1. The Bertz CT molecular complexity index is 1190. The summed E-state index contributed by atoms with van der Waals surface area (Å²) in [4.78, 5) is 45.4. The molecule has 3 aliphatic rings. The molecule has 8 heteroatoms. The molecule has 1 saturated carbocycles. The molecule has 2 fully saturated rings. The normalized spacial score (nSPS) is 20.6. The van der Waals surface area contributed by atoms with Crippen LogP contribution < -0.4 is 10.2 Å². The van der Waals surface area contributed by atoms with Crippen molar-refractivity contribution >= 4 is 29.4 Å². The van der Waals surface area contributed by atoms with Crippen molar-refractivity contribution in [2.45, 2.75) is 57.0 Å². The van der Waals surface area contributed by atoms with E-state index in [2.05, 4.69) is 16.4 Å². The lowest BCUT2D eigenvalue weighted by Gasteiger charge is -2.35. The highest BCUT2D eigenvalue weighted by molar-refractivity contribution is 6.23. The van der Waals surface area contributed by atoms with E-state index >= 15 is 0 Å². The molecule has 0 bridgehead atoms. The van der Waals surface area contributed by atoms with Gasteiger partial charge in [0.25, 0.3) is 5.91 Å². The zero-order valence-electron chi connectivity index (χ0n) is 18.0. The monoisotopic (exact) mass is 429 g/mol. The minimum atomic E-state index is -1.05. The molecule has 1 aromatic heterocycles. The van der Waals surface area contributed by atoms with E-state index in [4.69, 9.17) is 0 Å². The van der Waals surface area contributed by atoms with E-state index in [1.165, 1.54) is 9.80 Å². The van der Waals surface area contributed by atoms with Crippen LogP contribution in [0.15, 0.2) is 36.5 Å². The lowest BCUT2D eigenvalue weighted by molar-refractivity contribution is -0.123. The maximum atomic E-state index is 13.4. The summed E-state index contributed by atoms with van der Waals surface area (Å²) in [7, 11) is 0. The molecule has 1 aliphatic carbocycles. The highest BCUT2D eigenvalue weighted by Gasteiger charge is 2.52. The van der Waals surface area contributed by atoms with E-state index in [1.807, 2.05) is 12.1 Å². The van der Waals surface area contributed by atoms with Crippen molar-refractivity contribution in [3.63, 3.8) is 0 Å². The Morgan fingerprint density at radius 3 is 2.47 bits per heavy atom. The lowest BCUT2D eigenvalue weighted by atomic mass is 9.65. The van der Waals surface area contributed by atoms with Crippen LogP contribution in [-0.2, 0) is 28.0 Å². The molecule has 32 heavy (non-hydrogen) atoms. The topological polar surface area (TPSA) is 106 Å². The van der Waals surface area contributed by atoms with Gasteiger partial charge in [0.05, 0.1) is 23.6 Å². The van der Waals surface area contributed by atoms with E-state index in [-0.39, 0.29) is 24.8 Å². The fourth-order valence-electron chi connectivity index (χ4n) is 4.75. The van der Waals surface area contributed by atoms with Crippen LogP contribution in [0.1, 0.15) is 49.8 Å². The number of anilines is 2. The Kier molecular flexibility index (Phi) is 4.35. The van der Waals surface area contributed by atoms with Crippen LogP contribution in [0.5, 0.6) is 0 Å². The van der Waals surface area contributed by atoms with E-state index in [1.54, 1.807) is 38.2 Å². The number of carbonyl (C=O) groups is 3. The van der Waals surface area contributed by atoms with Crippen LogP contribution in [-0.4, -0.2) is 33.3 Å². The Hall–Kier alpha value is -3.73. The first-order valence-electron chi connectivity index (χ1n) is 10.7. The lowest BCUT2D eigenvalue weighted by Crippen LogP contribution is -2.43. The van der Waals surface area contributed by atoms with Crippen LogP contribution in [0.25, 0.3) is 0 Å². The quantitative estimate of drug-likeness (QED) is 0.751. The summed E-state index contributed by atoms with van der Waals surface area (Å²) in [5, 5.41) is 12.3. The van der Waals surface area contributed by atoms with Crippen molar-refractivity contribution in [3.8, 4) is 6.07 Å². The summed E-state index contributed by atoms with van der Waals surface area (Å²) >= 11 is 0.